The molecule has 1 unspecified atom stereocenters. The highest BCUT2D eigenvalue weighted by molar-refractivity contribution is 5.67. The van der Waals surface area contributed by atoms with Crippen molar-refractivity contribution in [1.82, 2.24) is 4.90 Å². The summed E-state index contributed by atoms with van der Waals surface area (Å²) < 4.78 is 5.10. The van der Waals surface area contributed by atoms with Crippen molar-refractivity contribution >= 4 is 6.09 Å². The lowest BCUT2D eigenvalue weighted by molar-refractivity contribution is 0.0943. The Bertz CT molecular complexity index is 256. The first-order chi connectivity index (χ1) is 6.09. The number of allylic oxidation sites excluding steroid dienone is 1. The molecule has 0 saturated heterocycles. The third-order valence-electron chi connectivity index (χ3n) is 1.67. The van der Waals surface area contributed by atoms with Crippen LogP contribution in [0.3, 0.4) is 0 Å². The first-order valence-corrected chi connectivity index (χ1v) is 4.11. The Labute approximate surface area is 77.6 Å². The number of rotatable bonds is 1. The Morgan fingerprint density at radius 3 is 2.92 bits per heavy atom. The van der Waals surface area contributed by atoms with Gasteiger partial charge in [-0.25, -0.2) is 4.79 Å². The summed E-state index contributed by atoms with van der Waals surface area (Å²) in [5.74, 6) is 0. The largest absolute Gasteiger partial charge is 0.441 e. The molecule has 4 nitrogen and oxygen atoms in total. The second-order valence-electron chi connectivity index (χ2n) is 3.12. The van der Waals surface area contributed by atoms with Crippen molar-refractivity contribution in [2.75, 3.05) is 14.1 Å². The molecule has 0 saturated carbocycles. The fourth-order valence-electron chi connectivity index (χ4n) is 0.994. The molecule has 2 N–H and O–H groups in total. The van der Waals surface area contributed by atoms with E-state index in [0.29, 0.717) is 12.1 Å². The third-order valence-corrected chi connectivity index (χ3v) is 1.67. The molecular weight excluding hydrogens is 168 g/mol. The van der Waals surface area contributed by atoms with Crippen molar-refractivity contribution in [2.24, 2.45) is 5.73 Å². The van der Waals surface area contributed by atoms with E-state index < -0.39 is 0 Å². The van der Waals surface area contributed by atoms with E-state index in [1.807, 2.05) is 6.08 Å². The Hall–Kier alpha value is -1.45. The molecule has 72 valence electrons. The standard InChI is InChI=1S/C9H14N2O2/c1-11(2)9(12)13-8-5-3-4-7(10)6-8/h3-4,6,8H,5,10H2,1-2H3. The normalized spacial score (nSPS) is 20.8. The van der Waals surface area contributed by atoms with Crippen LogP contribution < -0.4 is 5.73 Å². The molecule has 1 aliphatic rings. The lowest BCUT2D eigenvalue weighted by Crippen LogP contribution is -2.28. The number of carbonyl (C=O) groups is 1. The highest BCUT2D eigenvalue weighted by Crippen LogP contribution is 2.11. The number of hydrogen-bond donors (Lipinski definition) is 1. The molecule has 0 aliphatic heterocycles. The Morgan fingerprint density at radius 1 is 1.69 bits per heavy atom. The maximum absolute atomic E-state index is 11.1. The first-order valence-electron chi connectivity index (χ1n) is 4.11. The van der Waals surface area contributed by atoms with Gasteiger partial charge in [-0.15, -0.1) is 0 Å². The van der Waals surface area contributed by atoms with E-state index in [4.69, 9.17) is 10.5 Å². The summed E-state index contributed by atoms with van der Waals surface area (Å²) in [4.78, 5) is 12.5. The van der Waals surface area contributed by atoms with Crippen LogP contribution in [0.1, 0.15) is 6.42 Å². The van der Waals surface area contributed by atoms with Crippen molar-refractivity contribution in [2.45, 2.75) is 12.5 Å². The zero-order valence-corrected chi connectivity index (χ0v) is 7.86. The molecule has 0 spiro atoms. The van der Waals surface area contributed by atoms with Gasteiger partial charge in [0, 0.05) is 26.2 Å². The zero-order valence-electron chi connectivity index (χ0n) is 7.86. The first kappa shape index (κ1) is 9.64. The molecule has 1 atom stereocenters. The van der Waals surface area contributed by atoms with Crippen molar-refractivity contribution in [3.05, 3.63) is 23.9 Å². The topological polar surface area (TPSA) is 55.6 Å². The summed E-state index contributed by atoms with van der Waals surface area (Å²) in [6, 6.07) is 0. The van der Waals surface area contributed by atoms with Crippen LogP contribution in [-0.4, -0.2) is 31.2 Å². The van der Waals surface area contributed by atoms with Crippen LogP contribution in [0.15, 0.2) is 23.9 Å². The monoisotopic (exact) mass is 182 g/mol. The molecule has 0 heterocycles. The van der Waals surface area contributed by atoms with Gasteiger partial charge in [-0.2, -0.15) is 0 Å². The quantitative estimate of drug-likeness (QED) is 0.654. The number of amides is 1. The predicted molar refractivity (Wildman–Crippen MR) is 50.0 cm³/mol. The second-order valence-corrected chi connectivity index (χ2v) is 3.12. The zero-order chi connectivity index (χ0) is 9.84. The van der Waals surface area contributed by atoms with Gasteiger partial charge in [-0.05, 0) is 12.2 Å². The van der Waals surface area contributed by atoms with Crippen molar-refractivity contribution < 1.29 is 9.53 Å². The fraction of sp³-hybridized carbons (Fsp3) is 0.444. The van der Waals surface area contributed by atoms with E-state index >= 15 is 0 Å². The van der Waals surface area contributed by atoms with E-state index in [1.54, 1.807) is 26.2 Å². The van der Waals surface area contributed by atoms with Crippen LogP contribution in [0.2, 0.25) is 0 Å². The lowest BCUT2D eigenvalue weighted by atomic mass is 10.1. The lowest BCUT2D eigenvalue weighted by Gasteiger charge is -2.18. The van der Waals surface area contributed by atoms with Crippen molar-refractivity contribution in [3.8, 4) is 0 Å². The Morgan fingerprint density at radius 2 is 2.38 bits per heavy atom. The molecule has 4 heteroatoms. The van der Waals surface area contributed by atoms with Gasteiger partial charge >= 0.3 is 6.09 Å². The van der Waals surface area contributed by atoms with Crippen LogP contribution >= 0.6 is 0 Å². The molecule has 0 radical (unpaired) electrons. The van der Waals surface area contributed by atoms with E-state index in [-0.39, 0.29) is 12.2 Å². The van der Waals surface area contributed by atoms with Crippen LogP contribution in [0.4, 0.5) is 4.79 Å². The second kappa shape index (κ2) is 3.98. The molecule has 0 aromatic carbocycles. The summed E-state index contributed by atoms with van der Waals surface area (Å²) in [5, 5.41) is 0. The number of nitrogens with zero attached hydrogens (tertiary/aromatic N) is 1. The maximum atomic E-state index is 11.1. The van der Waals surface area contributed by atoms with Gasteiger partial charge in [0.25, 0.3) is 0 Å². The van der Waals surface area contributed by atoms with E-state index in [1.165, 1.54) is 4.90 Å². The summed E-state index contributed by atoms with van der Waals surface area (Å²) in [5.41, 5.74) is 6.19. The predicted octanol–water partition coefficient (Wildman–Crippen LogP) is 0.856. The minimum atomic E-state index is -0.343. The summed E-state index contributed by atoms with van der Waals surface area (Å²) in [6.45, 7) is 0. The van der Waals surface area contributed by atoms with Crippen LogP contribution in [-0.2, 0) is 4.74 Å². The van der Waals surface area contributed by atoms with Gasteiger partial charge in [-0.1, -0.05) is 6.08 Å². The summed E-state index contributed by atoms with van der Waals surface area (Å²) in [7, 11) is 3.29. The minimum absolute atomic E-state index is 0.222. The average Bonchev–Trinajstić information content (AvgIpc) is 2.04. The van der Waals surface area contributed by atoms with Crippen molar-refractivity contribution in [1.29, 1.82) is 0 Å². The smallest absolute Gasteiger partial charge is 0.409 e. The Balaban J connectivity index is 2.47. The van der Waals surface area contributed by atoms with Gasteiger partial charge in [0.05, 0.1) is 0 Å². The maximum Gasteiger partial charge on any atom is 0.409 e. The SMILES string of the molecule is CN(C)C(=O)OC1C=C(N)C=CC1. The van der Waals surface area contributed by atoms with Crippen LogP contribution in [0, 0.1) is 0 Å². The highest BCUT2D eigenvalue weighted by Gasteiger charge is 2.14. The number of hydrogen-bond acceptors (Lipinski definition) is 3. The van der Waals surface area contributed by atoms with E-state index in [0.717, 1.165) is 0 Å². The van der Waals surface area contributed by atoms with Crippen LogP contribution in [0.25, 0.3) is 0 Å². The molecular formula is C9H14N2O2. The number of nitrogens with two attached hydrogens (primary N) is 1. The molecule has 1 rings (SSSR count). The van der Waals surface area contributed by atoms with E-state index in [9.17, 15) is 4.79 Å². The molecule has 13 heavy (non-hydrogen) atoms. The molecule has 0 aromatic rings. The van der Waals surface area contributed by atoms with Gasteiger partial charge in [-0.3, -0.25) is 0 Å². The van der Waals surface area contributed by atoms with Gasteiger partial charge in [0.15, 0.2) is 0 Å². The number of ether oxygens (including phenoxy) is 1. The molecule has 0 fully saturated rings. The molecule has 1 aliphatic carbocycles. The fourth-order valence-corrected chi connectivity index (χ4v) is 0.994. The average molecular weight is 182 g/mol. The van der Waals surface area contributed by atoms with E-state index in [2.05, 4.69) is 0 Å². The molecule has 0 aromatic heterocycles. The van der Waals surface area contributed by atoms with Gasteiger partial charge in [0.1, 0.15) is 6.10 Å². The van der Waals surface area contributed by atoms with Crippen molar-refractivity contribution in [3.63, 3.8) is 0 Å². The Kier molecular flexibility index (Phi) is 2.95. The van der Waals surface area contributed by atoms with Gasteiger partial charge < -0.3 is 15.4 Å². The third kappa shape index (κ3) is 2.82. The molecule has 1 amide bonds. The highest BCUT2D eigenvalue weighted by atomic mass is 16.6. The number of carbonyl (C=O) groups excluding carboxylic acids is 1. The molecule has 0 bridgehead atoms. The van der Waals surface area contributed by atoms with Crippen LogP contribution in [0.5, 0.6) is 0 Å². The minimum Gasteiger partial charge on any atom is -0.441 e. The summed E-state index contributed by atoms with van der Waals surface area (Å²) in [6.07, 6.45) is 5.56. The van der Waals surface area contributed by atoms with Gasteiger partial charge in [0.2, 0.25) is 0 Å². The summed E-state index contributed by atoms with van der Waals surface area (Å²) >= 11 is 0.